The Balaban J connectivity index is 3.05. The van der Waals surface area contributed by atoms with Crippen LogP contribution in [-0.4, -0.2) is 22.2 Å². The van der Waals surface area contributed by atoms with Crippen LogP contribution < -0.4 is 0 Å². The average molecular weight is 236 g/mol. The zero-order chi connectivity index (χ0) is 13.0. The summed E-state index contributed by atoms with van der Waals surface area (Å²) in [5, 5.41) is 18.0. The van der Waals surface area contributed by atoms with Gasteiger partial charge in [-0.2, -0.15) is 0 Å². The Bertz CT molecular complexity index is 415. The first-order chi connectivity index (χ1) is 7.99. The minimum Gasteiger partial charge on any atom is -0.478 e. The standard InChI is InChI=1S/C13H16O4/c1-3-4-5-9-8(2)10(12(14)15)6-7-11(9)13(16)17/h6-7,9H,2-5H2,1H3,(H,14,15)(H,16,17). The lowest BCUT2D eigenvalue weighted by Crippen LogP contribution is -2.21. The van der Waals surface area contributed by atoms with Crippen LogP contribution in [-0.2, 0) is 9.59 Å². The van der Waals surface area contributed by atoms with E-state index in [4.69, 9.17) is 10.2 Å². The van der Waals surface area contributed by atoms with Gasteiger partial charge in [0.25, 0.3) is 0 Å². The SMILES string of the molecule is C=C1C(C(=O)O)=CC=C(C(=O)O)C1CCCC. The number of carboxylic acid groups (broad SMARTS) is 2. The molecule has 0 saturated carbocycles. The maximum Gasteiger partial charge on any atom is 0.335 e. The van der Waals surface area contributed by atoms with Crippen LogP contribution in [0, 0.1) is 5.92 Å². The maximum atomic E-state index is 11.1. The Morgan fingerprint density at radius 3 is 2.41 bits per heavy atom. The molecule has 0 radical (unpaired) electrons. The summed E-state index contributed by atoms with van der Waals surface area (Å²) < 4.78 is 0. The molecule has 0 saturated heterocycles. The van der Waals surface area contributed by atoms with Crippen molar-refractivity contribution < 1.29 is 19.8 Å². The molecular weight excluding hydrogens is 220 g/mol. The molecule has 0 aromatic rings. The molecule has 0 aromatic carbocycles. The van der Waals surface area contributed by atoms with E-state index in [2.05, 4.69) is 6.58 Å². The summed E-state index contributed by atoms with van der Waals surface area (Å²) >= 11 is 0. The largest absolute Gasteiger partial charge is 0.478 e. The first kappa shape index (κ1) is 13.2. The summed E-state index contributed by atoms with van der Waals surface area (Å²) in [5.41, 5.74) is 0.732. The summed E-state index contributed by atoms with van der Waals surface area (Å²) in [6.07, 6.45) is 5.10. The fraction of sp³-hybridized carbons (Fsp3) is 0.385. The predicted octanol–water partition coefficient (Wildman–Crippen LogP) is 2.38. The Morgan fingerprint density at radius 1 is 1.29 bits per heavy atom. The van der Waals surface area contributed by atoms with E-state index in [1.165, 1.54) is 12.2 Å². The number of hydrogen-bond acceptors (Lipinski definition) is 2. The molecule has 0 bridgehead atoms. The highest BCUT2D eigenvalue weighted by Crippen LogP contribution is 2.33. The summed E-state index contributed by atoms with van der Waals surface area (Å²) in [4.78, 5) is 22.0. The fourth-order valence-electron chi connectivity index (χ4n) is 1.94. The van der Waals surface area contributed by atoms with Crippen molar-refractivity contribution in [3.05, 3.63) is 35.5 Å². The molecule has 0 spiro atoms. The van der Waals surface area contributed by atoms with Crippen molar-refractivity contribution in [1.82, 2.24) is 0 Å². The highest BCUT2D eigenvalue weighted by Gasteiger charge is 2.29. The topological polar surface area (TPSA) is 74.6 Å². The van der Waals surface area contributed by atoms with Crippen LogP contribution in [0.15, 0.2) is 35.5 Å². The average Bonchev–Trinajstić information content (AvgIpc) is 2.26. The Morgan fingerprint density at radius 2 is 1.94 bits per heavy atom. The van der Waals surface area contributed by atoms with Gasteiger partial charge in [0.2, 0.25) is 0 Å². The Hall–Kier alpha value is -1.84. The number of hydrogen-bond donors (Lipinski definition) is 2. The smallest absolute Gasteiger partial charge is 0.335 e. The van der Waals surface area contributed by atoms with E-state index in [9.17, 15) is 9.59 Å². The van der Waals surface area contributed by atoms with Gasteiger partial charge in [0.15, 0.2) is 0 Å². The number of aliphatic carboxylic acids is 2. The molecule has 17 heavy (non-hydrogen) atoms. The van der Waals surface area contributed by atoms with E-state index < -0.39 is 11.9 Å². The second kappa shape index (κ2) is 5.48. The first-order valence-corrected chi connectivity index (χ1v) is 5.56. The highest BCUT2D eigenvalue weighted by molar-refractivity contribution is 5.96. The van der Waals surface area contributed by atoms with Gasteiger partial charge in [0.1, 0.15) is 0 Å². The van der Waals surface area contributed by atoms with Crippen molar-refractivity contribution in [2.75, 3.05) is 0 Å². The third kappa shape index (κ3) is 2.84. The highest BCUT2D eigenvalue weighted by atomic mass is 16.4. The lowest BCUT2D eigenvalue weighted by molar-refractivity contribution is -0.134. The molecule has 1 aliphatic carbocycles. The minimum atomic E-state index is -1.06. The zero-order valence-corrected chi connectivity index (χ0v) is 9.77. The Labute approximate surface area is 100.0 Å². The third-order valence-corrected chi connectivity index (χ3v) is 2.90. The van der Waals surface area contributed by atoms with E-state index in [0.717, 1.165) is 12.8 Å². The van der Waals surface area contributed by atoms with Crippen LogP contribution in [0.4, 0.5) is 0 Å². The molecule has 0 amide bonds. The van der Waals surface area contributed by atoms with E-state index in [1.54, 1.807) is 0 Å². The molecule has 0 aromatic heterocycles. The second-order valence-corrected chi connectivity index (χ2v) is 4.03. The zero-order valence-electron chi connectivity index (χ0n) is 9.77. The van der Waals surface area contributed by atoms with Crippen LogP contribution in [0.25, 0.3) is 0 Å². The van der Waals surface area contributed by atoms with Crippen LogP contribution in [0.5, 0.6) is 0 Å². The monoisotopic (exact) mass is 236 g/mol. The van der Waals surface area contributed by atoms with Gasteiger partial charge < -0.3 is 10.2 Å². The van der Waals surface area contributed by atoms with Gasteiger partial charge in [-0.15, -0.1) is 0 Å². The fourth-order valence-corrected chi connectivity index (χ4v) is 1.94. The van der Waals surface area contributed by atoms with E-state index in [1.807, 2.05) is 6.92 Å². The molecule has 1 aliphatic rings. The van der Waals surface area contributed by atoms with Gasteiger partial charge in [-0.25, -0.2) is 9.59 Å². The molecule has 4 heteroatoms. The van der Waals surface area contributed by atoms with Crippen LogP contribution in [0.2, 0.25) is 0 Å². The third-order valence-electron chi connectivity index (χ3n) is 2.90. The number of unbranched alkanes of at least 4 members (excludes halogenated alkanes) is 1. The molecular formula is C13H16O4. The Kier molecular flexibility index (Phi) is 4.26. The summed E-state index contributed by atoms with van der Waals surface area (Å²) in [5.74, 6) is -2.45. The van der Waals surface area contributed by atoms with Gasteiger partial charge in [-0.05, 0) is 18.1 Å². The van der Waals surface area contributed by atoms with Gasteiger partial charge in [-0.1, -0.05) is 32.4 Å². The van der Waals surface area contributed by atoms with Crippen molar-refractivity contribution in [3.8, 4) is 0 Å². The maximum absolute atomic E-state index is 11.1. The van der Waals surface area contributed by atoms with Gasteiger partial charge in [0.05, 0.1) is 5.57 Å². The van der Waals surface area contributed by atoms with E-state index in [0.29, 0.717) is 12.0 Å². The lowest BCUT2D eigenvalue weighted by atomic mass is 9.80. The van der Waals surface area contributed by atoms with Gasteiger partial charge >= 0.3 is 11.9 Å². The molecule has 1 atom stereocenters. The second-order valence-electron chi connectivity index (χ2n) is 4.03. The predicted molar refractivity (Wildman–Crippen MR) is 63.6 cm³/mol. The number of carbonyl (C=O) groups is 2. The normalized spacial score (nSPS) is 19.6. The van der Waals surface area contributed by atoms with Gasteiger partial charge in [0, 0.05) is 11.5 Å². The van der Waals surface area contributed by atoms with E-state index >= 15 is 0 Å². The van der Waals surface area contributed by atoms with Crippen molar-refractivity contribution in [2.45, 2.75) is 26.2 Å². The molecule has 4 nitrogen and oxygen atoms in total. The summed E-state index contributed by atoms with van der Waals surface area (Å²) in [6.45, 7) is 5.73. The number of carboxylic acids is 2. The van der Waals surface area contributed by atoms with Crippen LogP contribution in [0.3, 0.4) is 0 Å². The number of rotatable bonds is 5. The van der Waals surface area contributed by atoms with E-state index in [-0.39, 0.29) is 17.1 Å². The number of allylic oxidation sites excluding steroid dienone is 2. The van der Waals surface area contributed by atoms with Crippen molar-refractivity contribution in [1.29, 1.82) is 0 Å². The molecule has 92 valence electrons. The minimum absolute atomic E-state index is 0.108. The van der Waals surface area contributed by atoms with Crippen molar-refractivity contribution in [2.24, 2.45) is 5.92 Å². The molecule has 0 heterocycles. The molecule has 1 unspecified atom stereocenters. The summed E-state index contributed by atoms with van der Waals surface area (Å²) in [6, 6.07) is 0. The first-order valence-electron chi connectivity index (χ1n) is 5.56. The molecule has 0 aliphatic heterocycles. The van der Waals surface area contributed by atoms with Crippen LogP contribution >= 0.6 is 0 Å². The van der Waals surface area contributed by atoms with Crippen molar-refractivity contribution in [3.63, 3.8) is 0 Å². The molecule has 2 N–H and O–H groups in total. The summed E-state index contributed by atoms with van der Waals surface area (Å²) in [7, 11) is 0. The van der Waals surface area contributed by atoms with Crippen LogP contribution in [0.1, 0.15) is 26.2 Å². The molecule has 1 rings (SSSR count). The molecule has 0 fully saturated rings. The quantitative estimate of drug-likeness (QED) is 0.768. The lowest BCUT2D eigenvalue weighted by Gasteiger charge is -2.23. The van der Waals surface area contributed by atoms with Gasteiger partial charge in [-0.3, -0.25) is 0 Å². The van der Waals surface area contributed by atoms with Crippen molar-refractivity contribution >= 4 is 11.9 Å².